The molecular weight excluding hydrogens is 226 g/mol. The molecule has 1 fully saturated rings. The number of nitrogens with zero attached hydrogens (tertiary/aromatic N) is 1. The quantitative estimate of drug-likeness (QED) is 0.853. The molecule has 0 radical (unpaired) electrons. The Morgan fingerprint density at radius 2 is 2.50 bits per heavy atom. The van der Waals surface area contributed by atoms with E-state index in [1.807, 2.05) is 0 Å². The summed E-state index contributed by atoms with van der Waals surface area (Å²) in [6.07, 6.45) is 3.76. The minimum Gasteiger partial charge on any atom is -0.397 e. The molecule has 2 rings (SSSR count). The summed E-state index contributed by atoms with van der Waals surface area (Å²) in [6, 6.07) is 1.69. The van der Waals surface area contributed by atoms with Crippen molar-refractivity contribution in [3.8, 4) is 0 Å². The topological polar surface area (TPSA) is 60.2 Å². The van der Waals surface area contributed by atoms with E-state index in [1.165, 1.54) is 0 Å². The first-order valence-electron chi connectivity index (χ1n) is 5.38. The summed E-state index contributed by atoms with van der Waals surface area (Å²) in [4.78, 5) is 4.15. The third kappa shape index (κ3) is 2.57. The molecule has 1 aliphatic heterocycles. The highest BCUT2D eigenvalue weighted by Crippen LogP contribution is 2.27. The van der Waals surface area contributed by atoms with E-state index in [0.29, 0.717) is 23.1 Å². The van der Waals surface area contributed by atoms with Crippen LogP contribution in [0.1, 0.15) is 19.8 Å². The van der Waals surface area contributed by atoms with E-state index in [2.05, 4.69) is 17.2 Å². The van der Waals surface area contributed by atoms with Crippen molar-refractivity contribution < 1.29 is 4.74 Å². The maximum absolute atomic E-state index is 6.01. The van der Waals surface area contributed by atoms with E-state index in [-0.39, 0.29) is 5.60 Å². The fourth-order valence-electron chi connectivity index (χ4n) is 1.83. The number of anilines is 2. The molecule has 0 spiro atoms. The van der Waals surface area contributed by atoms with Crippen LogP contribution in [0.5, 0.6) is 0 Å². The van der Waals surface area contributed by atoms with Gasteiger partial charge in [0.25, 0.3) is 0 Å². The lowest BCUT2D eigenvalue weighted by molar-refractivity contribution is 0.0315. The monoisotopic (exact) mass is 241 g/mol. The van der Waals surface area contributed by atoms with Gasteiger partial charge in [0.1, 0.15) is 5.82 Å². The zero-order chi connectivity index (χ0) is 11.6. The van der Waals surface area contributed by atoms with Crippen LogP contribution in [0, 0.1) is 0 Å². The molecule has 1 saturated heterocycles. The van der Waals surface area contributed by atoms with E-state index >= 15 is 0 Å². The highest BCUT2D eigenvalue weighted by Gasteiger charge is 2.29. The van der Waals surface area contributed by atoms with Gasteiger partial charge in [-0.2, -0.15) is 0 Å². The fourth-order valence-corrected chi connectivity index (χ4v) is 2.07. The van der Waals surface area contributed by atoms with Crippen molar-refractivity contribution in [1.29, 1.82) is 0 Å². The largest absolute Gasteiger partial charge is 0.397 e. The molecule has 3 N–H and O–H groups in total. The number of hydrogen-bond acceptors (Lipinski definition) is 4. The van der Waals surface area contributed by atoms with E-state index in [4.69, 9.17) is 22.1 Å². The van der Waals surface area contributed by atoms with E-state index < -0.39 is 0 Å². The molecule has 1 aliphatic rings. The fraction of sp³-hybridized carbons (Fsp3) is 0.545. The van der Waals surface area contributed by atoms with Gasteiger partial charge in [0.05, 0.1) is 22.5 Å². The number of nitrogens with one attached hydrogen (secondary N) is 1. The highest BCUT2D eigenvalue weighted by molar-refractivity contribution is 6.33. The van der Waals surface area contributed by atoms with Gasteiger partial charge in [-0.05, 0) is 25.8 Å². The summed E-state index contributed by atoms with van der Waals surface area (Å²) in [5.74, 6) is 0.660. The van der Waals surface area contributed by atoms with Gasteiger partial charge < -0.3 is 15.8 Å². The van der Waals surface area contributed by atoms with Crippen LogP contribution in [-0.2, 0) is 4.74 Å². The van der Waals surface area contributed by atoms with Crippen molar-refractivity contribution in [2.45, 2.75) is 25.4 Å². The molecule has 0 amide bonds. The number of halogens is 1. The Morgan fingerprint density at radius 3 is 3.12 bits per heavy atom. The molecule has 2 heterocycles. The standard InChI is InChI=1S/C11H16ClN3O/c1-11(3-2-4-16-11)7-15-10-9(12)5-8(13)6-14-10/h5-6H,2-4,7,13H2,1H3,(H,14,15). The first-order chi connectivity index (χ1) is 7.59. The molecule has 1 unspecified atom stereocenters. The molecule has 0 aromatic carbocycles. The molecule has 16 heavy (non-hydrogen) atoms. The van der Waals surface area contributed by atoms with Crippen molar-refractivity contribution in [2.75, 3.05) is 24.2 Å². The molecule has 88 valence electrons. The van der Waals surface area contributed by atoms with Gasteiger partial charge in [-0.3, -0.25) is 0 Å². The van der Waals surface area contributed by atoms with Gasteiger partial charge in [0.15, 0.2) is 0 Å². The van der Waals surface area contributed by atoms with Crippen LogP contribution in [0.4, 0.5) is 11.5 Å². The van der Waals surface area contributed by atoms with Crippen LogP contribution >= 0.6 is 11.6 Å². The Hall–Kier alpha value is -1.00. The van der Waals surface area contributed by atoms with Crippen LogP contribution in [0.25, 0.3) is 0 Å². The van der Waals surface area contributed by atoms with Crippen LogP contribution in [0.2, 0.25) is 5.02 Å². The molecule has 0 aliphatic carbocycles. The highest BCUT2D eigenvalue weighted by atomic mass is 35.5. The Balaban J connectivity index is 1.99. The van der Waals surface area contributed by atoms with E-state index in [9.17, 15) is 0 Å². The third-order valence-corrected chi connectivity index (χ3v) is 3.08. The molecule has 5 heteroatoms. The lowest BCUT2D eigenvalue weighted by Crippen LogP contribution is -2.32. The van der Waals surface area contributed by atoms with Gasteiger partial charge in [-0.1, -0.05) is 11.6 Å². The number of nitrogens with two attached hydrogens (primary N) is 1. The second-order valence-electron chi connectivity index (χ2n) is 4.35. The number of hydrogen-bond donors (Lipinski definition) is 2. The maximum Gasteiger partial charge on any atom is 0.145 e. The third-order valence-electron chi connectivity index (χ3n) is 2.79. The van der Waals surface area contributed by atoms with Gasteiger partial charge in [-0.25, -0.2) is 4.98 Å². The van der Waals surface area contributed by atoms with Crippen molar-refractivity contribution >= 4 is 23.1 Å². The summed E-state index contributed by atoms with van der Waals surface area (Å²) in [7, 11) is 0. The average molecular weight is 242 g/mol. The van der Waals surface area contributed by atoms with Gasteiger partial charge in [0.2, 0.25) is 0 Å². The number of rotatable bonds is 3. The smallest absolute Gasteiger partial charge is 0.145 e. The molecule has 1 aromatic rings. The Labute approximate surface area is 100 Å². The summed E-state index contributed by atoms with van der Waals surface area (Å²) in [6.45, 7) is 3.64. The number of ether oxygens (including phenoxy) is 1. The normalized spacial score (nSPS) is 24.6. The van der Waals surface area contributed by atoms with E-state index in [1.54, 1.807) is 12.3 Å². The minimum absolute atomic E-state index is 0.105. The van der Waals surface area contributed by atoms with Crippen LogP contribution in [0.15, 0.2) is 12.3 Å². The average Bonchev–Trinajstić information content (AvgIpc) is 2.64. The zero-order valence-corrected chi connectivity index (χ0v) is 10.0. The summed E-state index contributed by atoms with van der Waals surface area (Å²) >= 11 is 6.01. The minimum atomic E-state index is -0.105. The first-order valence-corrected chi connectivity index (χ1v) is 5.76. The lowest BCUT2D eigenvalue weighted by atomic mass is 10.0. The molecule has 1 atom stereocenters. The molecular formula is C11H16ClN3O. The van der Waals surface area contributed by atoms with Crippen LogP contribution in [0.3, 0.4) is 0 Å². The number of nitrogen functional groups attached to an aromatic ring is 1. The Morgan fingerprint density at radius 1 is 1.69 bits per heavy atom. The van der Waals surface area contributed by atoms with Gasteiger partial charge in [0, 0.05) is 13.2 Å². The Kier molecular flexibility index (Phi) is 3.21. The van der Waals surface area contributed by atoms with E-state index in [0.717, 1.165) is 19.4 Å². The second kappa shape index (κ2) is 4.47. The summed E-state index contributed by atoms with van der Waals surface area (Å²) < 4.78 is 5.67. The maximum atomic E-state index is 6.01. The zero-order valence-electron chi connectivity index (χ0n) is 9.29. The van der Waals surface area contributed by atoms with Gasteiger partial charge in [-0.15, -0.1) is 0 Å². The van der Waals surface area contributed by atoms with Crippen LogP contribution < -0.4 is 11.1 Å². The number of aromatic nitrogens is 1. The van der Waals surface area contributed by atoms with Gasteiger partial charge >= 0.3 is 0 Å². The van der Waals surface area contributed by atoms with Crippen molar-refractivity contribution in [2.24, 2.45) is 0 Å². The Bertz CT molecular complexity index is 377. The molecule has 0 saturated carbocycles. The predicted octanol–water partition coefficient (Wildman–Crippen LogP) is 2.30. The van der Waals surface area contributed by atoms with Crippen molar-refractivity contribution in [3.63, 3.8) is 0 Å². The number of pyridine rings is 1. The SMILES string of the molecule is CC1(CNc2ncc(N)cc2Cl)CCCO1. The van der Waals surface area contributed by atoms with Crippen molar-refractivity contribution in [3.05, 3.63) is 17.3 Å². The molecule has 1 aromatic heterocycles. The van der Waals surface area contributed by atoms with Crippen LogP contribution in [-0.4, -0.2) is 23.7 Å². The molecule has 4 nitrogen and oxygen atoms in total. The summed E-state index contributed by atoms with van der Waals surface area (Å²) in [5.41, 5.74) is 6.04. The van der Waals surface area contributed by atoms with Crippen molar-refractivity contribution in [1.82, 2.24) is 4.98 Å². The molecule has 0 bridgehead atoms. The predicted molar refractivity (Wildman–Crippen MR) is 65.7 cm³/mol. The second-order valence-corrected chi connectivity index (χ2v) is 4.76. The summed E-state index contributed by atoms with van der Waals surface area (Å²) in [5, 5.41) is 3.74. The lowest BCUT2D eigenvalue weighted by Gasteiger charge is -2.23. The first kappa shape index (κ1) is 11.5.